The highest BCUT2D eigenvalue weighted by molar-refractivity contribution is 5.72. The Bertz CT molecular complexity index is 462. The van der Waals surface area contributed by atoms with Gasteiger partial charge in [-0.3, -0.25) is 4.79 Å². The van der Waals surface area contributed by atoms with Crippen molar-refractivity contribution < 1.29 is 9.53 Å². The molecule has 14 heavy (non-hydrogen) atoms. The average Bonchev–Trinajstić information content (AvgIpc) is 2.62. The SMILES string of the molecule is COC(=O)Cc1cnc2ccccn12. The van der Waals surface area contributed by atoms with Gasteiger partial charge in [0.2, 0.25) is 0 Å². The van der Waals surface area contributed by atoms with Crippen LogP contribution < -0.4 is 0 Å². The van der Waals surface area contributed by atoms with Crippen molar-refractivity contribution in [3.63, 3.8) is 0 Å². The lowest BCUT2D eigenvalue weighted by Gasteiger charge is -1.99. The number of rotatable bonds is 2. The summed E-state index contributed by atoms with van der Waals surface area (Å²) >= 11 is 0. The molecule has 2 aromatic heterocycles. The summed E-state index contributed by atoms with van der Waals surface area (Å²) in [5.41, 5.74) is 1.68. The molecule has 4 heteroatoms. The van der Waals surface area contributed by atoms with Crippen molar-refractivity contribution in [2.24, 2.45) is 0 Å². The van der Waals surface area contributed by atoms with Gasteiger partial charge in [-0.05, 0) is 12.1 Å². The van der Waals surface area contributed by atoms with Crippen molar-refractivity contribution >= 4 is 11.6 Å². The highest BCUT2D eigenvalue weighted by atomic mass is 16.5. The standard InChI is InChI=1S/C10H10N2O2/c1-14-10(13)6-8-7-11-9-4-2-3-5-12(8)9/h2-5,7H,6H2,1H3. The number of carbonyl (C=O) groups excluding carboxylic acids is 1. The number of ether oxygens (including phenoxy) is 1. The van der Waals surface area contributed by atoms with E-state index in [4.69, 9.17) is 0 Å². The minimum atomic E-state index is -0.254. The lowest BCUT2D eigenvalue weighted by molar-refractivity contribution is -0.139. The Morgan fingerprint density at radius 1 is 1.57 bits per heavy atom. The largest absolute Gasteiger partial charge is 0.469 e. The van der Waals surface area contributed by atoms with Crippen LogP contribution in [0.4, 0.5) is 0 Å². The Morgan fingerprint density at radius 3 is 3.21 bits per heavy atom. The van der Waals surface area contributed by atoms with E-state index >= 15 is 0 Å². The molecule has 0 aliphatic rings. The lowest BCUT2D eigenvalue weighted by Crippen LogP contribution is -2.06. The van der Waals surface area contributed by atoms with E-state index in [1.54, 1.807) is 6.20 Å². The third-order valence-electron chi connectivity index (χ3n) is 2.05. The van der Waals surface area contributed by atoms with Crippen LogP contribution in [0.5, 0.6) is 0 Å². The van der Waals surface area contributed by atoms with Gasteiger partial charge < -0.3 is 9.14 Å². The molecule has 0 unspecified atom stereocenters. The molecular weight excluding hydrogens is 180 g/mol. The molecule has 0 aliphatic heterocycles. The summed E-state index contributed by atoms with van der Waals surface area (Å²) in [6.45, 7) is 0. The Hall–Kier alpha value is -1.84. The van der Waals surface area contributed by atoms with Crippen LogP contribution in [0.3, 0.4) is 0 Å². The molecule has 0 saturated heterocycles. The Kier molecular flexibility index (Phi) is 2.18. The maximum Gasteiger partial charge on any atom is 0.311 e. The van der Waals surface area contributed by atoms with Crippen molar-refractivity contribution in [3.05, 3.63) is 36.3 Å². The van der Waals surface area contributed by atoms with Gasteiger partial charge in [0.1, 0.15) is 5.65 Å². The number of methoxy groups -OCH3 is 1. The van der Waals surface area contributed by atoms with Crippen molar-refractivity contribution in [2.45, 2.75) is 6.42 Å². The molecule has 2 heterocycles. The monoisotopic (exact) mass is 190 g/mol. The first-order chi connectivity index (χ1) is 6.81. The first-order valence-corrected chi connectivity index (χ1v) is 4.29. The van der Waals surface area contributed by atoms with Crippen molar-refractivity contribution in [1.82, 2.24) is 9.38 Å². The van der Waals surface area contributed by atoms with Crippen LogP contribution in [0.1, 0.15) is 5.69 Å². The number of imidazole rings is 1. The summed E-state index contributed by atoms with van der Waals surface area (Å²) in [7, 11) is 1.38. The molecule has 0 saturated carbocycles. The summed E-state index contributed by atoms with van der Waals surface area (Å²) in [6.07, 6.45) is 3.81. The predicted octanol–water partition coefficient (Wildman–Crippen LogP) is 1.05. The van der Waals surface area contributed by atoms with Crippen molar-refractivity contribution in [2.75, 3.05) is 7.11 Å². The third kappa shape index (κ3) is 1.46. The van der Waals surface area contributed by atoms with E-state index in [-0.39, 0.29) is 12.4 Å². The van der Waals surface area contributed by atoms with Crippen LogP contribution in [0.2, 0.25) is 0 Å². The normalized spacial score (nSPS) is 10.4. The third-order valence-corrected chi connectivity index (χ3v) is 2.05. The van der Waals surface area contributed by atoms with Crippen LogP contribution in [-0.2, 0) is 16.0 Å². The summed E-state index contributed by atoms with van der Waals surface area (Å²) < 4.78 is 6.46. The molecule has 0 aliphatic carbocycles. The smallest absolute Gasteiger partial charge is 0.311 e. The van der Waals surface area contributed by atoms with Crippen LogP contribution in [-0.4, -0.2) is 22.5 Å². The Morgan fingerprint density at radius 2 is 2.43 bits per heavy atom. The molecule has 0 bridgehead atoms. The molecule has 0 aromatic carbocycles. The highest BCUT2D eigenvalue weighted by Crippen LogP contribution is 2.06. The fourth-order valence-corrected chi connectivity index (χ4v) is 1.34. The summed E-state index contributed by atoms with van der Waals surface area (Å²) in [4.78, 5) is 15.2. The quantitative estimate of drug-likeness (QED) is 0.665. The second-order valence-corrected chi connectivity index (χ2v) is 2.93. The van der Waals surface area contributed by atoms with Gasteiger partial charge in [-0.1, -0.05) is 6.07 Å². The Balaban J connectivity index is 2.38. The molecular formula is C10H10N2O2. The summed E-state index contributed by atoms with van der Waals surface area (Å²) in [5.74, 6) is -0.254. The number of hydrogen-bond donors (Lipinski definition) is 0. The molecule has 0 N–H and O–H groups in total. The minimum Gasteiger partial charge on any atom is -0.469 e. The molecule has 0 spiro atoms. The summed E-state index contributed by atoms with van der Waals surface area (Å²) in [6, 6.07) is 5.69. The zero-order valence-electron chi connectivity index (χ0n) is 7.80. The van der Waals surface area contributed by atoms with Crippen molar-refractivity contribution in [1.29, 1.82) is 0 Å². The zero-order chi connectivity index (χ0) is 9.97. The number of aromatic nitrogens is 2. The minimum absolute atomic E-state index is 0.252. The van der Waals surface area contributed by atoms with E-state index in [1.165, 1.54) is 7.11 Å². The van der Waals surface area contributed by atoms with Crippen LogP contribution in [0.15, 0.2) is 30.6 Å². The second kappa shape index (κ2) is 3.49. The van der Waals surface area contributed by atoms with Gasteiger partial charge >= 0.3 is 5.97 Å². The highest BCUT2D eigenvalue weighted by Gasteiger charge is 2.07. The number of nitrogens with zero attached hydrogens (tertiary/aromatic N) is 2. The average molecular weight is 190 g/mol. The first kappa shape index (κ1) is 8.74. The first-order valence-electron chi connectivity index (χ1n) is 4.29. The van der Waals surface area contributed by atoms with Gasteiger partial charge in [0.05, 0.1) is 19.2 Å². The molecule has 72 valence electrons. The van der Waals surface area contributed by atoms with E-state index in [9.17, 15) is 4.79 Å². The van der Waals surface area contributed by atoms with Crippen LogP contribution >= 0.6 is 0 Å². The van der Waals surface area contributed by atoms with E-state index in [0.29, 0.717) is 0 Å². The van der Waals surface area contributed by atoms with E-state index in [1.807, 2.05) is 28.8 Å². The van der Waals surface area contributed by atoms with Gasteiger partial charge in [0.25, 0.3) is 0 Å². The van der Waals surface area contributed by atoms with Gasteiger partial charge in [0.15, 0.2) is 0 Å². The van der Waals surface area contributed by atoms with Crippen LogP contribution in [0.25, 0.3) is 5.65 Å². The topological polar surface area (TPSA) is 43.6 Å². The molecule has 4 nitrogen and oxygen atoms in total. The van der Waals surface area contributed by atoms with Crippen LogP contribution in [0, 0.1) is 0 Å². The molecule has 0 radical (unpaired) electrons. The number of carbonyl (C=O) groups is 1. The van der Waals surface area contributed by atoms with Gasteiger partial charge in [-0.15, -0.1) is 0 Å². The fourth-order valence-electron chi connectivity index (χ4n) is 1.34. The van der Waals surface area contributed by atoms with E-state index < -0.39 is 0 Å². The number of pyridine rings is 1. The zero-order valence-corrected chi connectivity index (χ0v) is 7.80. The van der Waals surface area contributed by atoms with Gasteiger partial charge in [-0.2, -0.15) is 0 Å². The summed E-state index contributed by atoms with van der Waals surface area (Å²) in [5, 5.41) is 0. The Labute approximate surface area is 81.1 Å². The number of fused-ring (bicyclic) bond motifs is 1. The van der Waals surface area contributed by atoms with E-state index in [2.05, 4.69) is 9.72 Å². The van der Waals surface area contributed by atoms with Gasteiger partial charge in [0, 0.05) is 12.4 Å². The maximum atomic E-state index is 11.1. The molecule has 0 amide bonds. The lowest BCUT2D eigenvalue weighted by atomic mass is 10.3. The predicted molar refractivity (Wildman–Crippen MR) is 50.9 cm³/mol. The number of hydrogen-bond acceptors (Lipinski definition) is 3. The van der Waals surface area contributed by atoms with Crippen molar-refractivity contribution in [3.8, 4) is 0 Å². The maximum absolute atomic E-state index is 11.1. The molecule has 2 aromatic rings. The van der Waals surface area contributed by atoms with Gasteiger partial charge in [-0.25, -0.2) is 4.98 Å². The number of esters is 1. The van der Waals surface area contributed by atoms with E-state index in [0.717, 1.165) is 11.3 Å². The second-order valence-electron chi connectivity index (χ2n) is 2.93. The fraction of sp³-hybridized carbons (Fsp3) is 0.200. The molecule has 0 atom stereocenters. The molecule has 0 fully saturated rings. The molecule has 2 rings (SSSR count).